The van der Waals surface area contributed by atoms with Gasteiger partial charge in [0.1, 0.15) is 0 Å². The summed E-state index contributed by atoms with van der Waals surface area (Å²) in [4.78, 5) is -4.52. The van der Waals surface area contributed by atoms with Gasteiger partial charge in [-0.2, -0.15) is 0 Å². The molecule has 0 saturated carbocycles. The number of ether oxygens (including phenoxy) is 1. The Morgan fingerprint density at radius 2 is 1.32 bits per heavy atom. The third kappa shape index (κ3) is 7.29. The maximum absolute atomic E-state index is 13.3. The molecule has 0 spiro atoms. The Kier molecular flexibility index (Phi) is 10.6. The second-order valence-corrected chi connectivity index (χ2v) is 14.0. The van der Waals surface area contributed by atoms with Gasteiger partial charge in [-0.1, -0.05) is 0 Å². The number of unbranched alkanes of at least 4 members (excludes halogenated alkanes) is 1. The molecule has 0 heterocycles. The van der Waals surface area contributed by atoms with E-state index in [4.69, 9.17) is 0 Å². The summed E-state index contributed by atoms with van der Waals surface area (Å²) in [5.41, 5.74) is 2.17. The third-order valence-corrected chi connectivity index (χ3v) is 11.6. The number of hydrogen-bond donors (Lipinski definition) is 1. The van der Waals surface area contributed by atoms with Crippen molar-refractivity contribution in [1.29, 1.82) is 0 Å². The molecule has 0 saturated heterocycles. The molecule has 0 amide bonds. The van der Waals surface area contributed by atoms with Crippen molar-refractivity contribution in [3.63, 3.8) is 0 Å². The Balaban J connectivity index is 2.39. The number of halogens is 7. The van der Waals surface area contributed by atoms with E-state index in [9.17, 15) is 26.3 Å². The second-order valence-electron chi connectivity index (χ2n) is 8.23. The average molecular weight is 620 g/mol. The molecule has 2 rings (SSSR count). The molecule has 9 heteroatoms. The molecule has 0 aromatic heterocycles. The van der Waals surface area contributed by atoms with Gasteiger partial charge in [-0.3, -0.25) is 0 Å². The Labute approximate surface area is 210 Å². The zero-order valence-corrected chi connectivity index (χ0v) is 22.5. The van der Waals surface area contributed by atoms with Crippen LogP contribution in [-0.2, 0) is 11.2 Å². The quantitative estimate of drug-likeness (QED) is 0.0867. The number of hydrogen-bond acceptors (Lipinski definition) is 2. The van der Waals surface area contributed by atoms with Gasteiger partial charge in [0, 0.05) is 0 Å². The molecular formula is C25H31F6IOS. The van der Waals surface area contributed by atoms with E-state index in [1.807, 2.05) is 48.5 Å². The molecule has 0 bridgehead atoms. The van der Waals surface area contributed by atoms with Crippen LogP contribution in [0.25, 0.3) is 0 Å². The molecule has 0 aliphatic rings. The van der Waals surface area contributed by atoms with Gasteiger partial charge < -0.3 is 0 Å². The maximum atomic E-state index is 13.3. The Morgan fingerprint density at radius 3 is 1.76 bits per heavy atom. The fourth-order valence-corrected chi connectivity index (χ4v) is 8.42. The van der Waals surface area contributed by atoms with Crippen molar-refractivity contribution in [3.05, 3.63) is 66.8 Å². The predicted molar refractivity (Wildman–Crippen MR) is 136 cm³/mol. The van der Waals surface area contributed by atoms with E-state index in [2.05, 4.69) is 38.1 Å². The van der Waals surface area contributed by atoms with Gasteiger partial charge in [-0.25, -0.2) is 0 Å². The first kappa shape index (κ1) is 29.3. The van der Waals surface area contributed by atoms with Crippen molar-refractivity contribution in [2.24, 2.45) is 0 Å². The van der Waals surface area contributed by atoms with Gasteiger partial charge in [-0.05, 0) is 0 Å². The zero-order valence-electron chi connectivity index (χ0n) is 19.4. The predicted octanol–water partition coefficient (Wildman–Crippen LogP) is 9.20. The van der Waals surface area contributed by atoms with Gasteiger partial charge in [0.05, 0.1) is 0 Å². The molecule has 0 aliphatic heterocycles. The van der Waals surface area contributed by atoms with Crippen molar-refractivity contribution < 1.29 is 31.1 Å². The minimum atomic E-state index is -5.71. The van der Waals surface area contributed by atoms with Gasteiger partial charge in [0.2, 0.25) is 0 Å². The van der Waals surface area contributed by atoms with Crippen LogP contribution in [0.3, 0.4) is 0 Å². The van der Waals surface area contributed by atoms with E-state index >= 15 is 0 Å². The van der Waals surface area contributed by atoms with E-state index < -0.39 is 41.7 Å². The molecule has 0 N–H and O–H groups in total. The van der Waals surface area contributed by atoms with Gasteiger partial charge in [0.25, 0.3) is 0 Å². The number of benzene rings is 2. The van der Waals surface area contributed by atoms with Crippen LogP contribution in [0.15, 0.2) is 48.5 Å². The molecule has 34 heavy (non-hydrogen) atoms. The van der Waals surface area contributed by atoms with Crippen LogP contribution in [-0.4, -0.2) is 21.9 Å². The van der Waals surface area contributed by atoms with Gasteiger partial charge in [0.15, 0.2) is 0 Å². The molecule has 1 nitrogen and oxygen atoms in total. The summed E-state index contributed by atoms with van der Waals surface area (Å²) >= 11 is 0.148. The first-order chi connectivity index (χ1) is 15.8. The van der Waals surface area contributed by atoms with Crippen molar-refractivity contribution in [2.45, 2.75) is 76.1 Å². The summed E-state index contributed by atoms with van der Waals surface area (Å²) in [6.07, 6.45) is -6.52. The monoisotopic (exact) mass is 620 g/mol. The molecule has 0 fully saturated rings. The molecule has 2 aromatic carbocycles. The summed E-state index contributed by atoms with van der Waals surface area (Å²) < 4.78 is 85.4. The van der Waals surface area contributed by atoms with E-state index in [0.717, 1.165) is 50.4 Å². The molecule has 0 radical (unpaired) electrons. The molecular weight excluding hydrogens is 589 g/mol. The Morgan fingerprint density at radius 1 is 0.824 bits per heavy atom. The van der Waals surface area contributed by atoms with Crippen LogP contribution >= 0.6 is 32.4 Å². The fraction of sp³-hybridized carbons (Fsp3) is 0.520. The van der Waals surface area contributed by atoms with Gasteiger partial charge >= 0.3 is 211 Å². The van der Waals surface area contributed by atoms with Crippen LogP contribution < -0.4 is 0 Å². The van der Waals surface area contributed by atoms with E-state index in [1.54, 1.807) is 0 Å². The molecule has 2 aromatic rings. The molecule has 1 unspecified atom stereocenters. The minimum absolute atomic E-state index is 0.316. The topological polar surface area (TPSA) is 9.23 Å². The Hall–Kier alpha value is -0.940. The van der Waals surface area contributed by atoms with Crippen LogP contribution in [0.1, 0.15) is 63.5 Å². The number of rotatable bonds is 11. The average Bonchev–Trinajstić information content (AvgIpc) is 2.77. The second kappa shape index (κ2) is 12.3. The number of aryl methyl sites for hydroxylation is 1. The van der Waals surface area contributed by atoms with Crippen molar-refractivity contribution in [2.75, 3.05) is 4.61 Å². The summed E-state index contributed by atoms with van der Waals surface area (Å²) in [7, 11) is 0. The molecule has 0 aliphatic carbocycles. The van der Waals surface area contributed by atoms with E-state index in [-0.39, 0.29) is 0 Å². The first-order valence-electron chi connectivity index (χ1n) is 11.2. The van der Waals surface area contributed by atoms with Crippen LogP contribution in [0.5, 0.6) is 0 Å². The summed E-state index contributed by atoms with van der Waals surface area (Å²) in [6, 6.07) is 14.9. The Bertz CT molecular complexity index is 866. The van der Waals surface area contributed by atoms with E-state index in [1.165, 1.54) is 0 Å². The van der Waals surface area contributed by atoms with E-state index in [0.29, 0.717) is 5.92 Å². The summed E-state index contributed by atoms with van der Waals surface area (Å²) in [6.45, 7) is 6.25. The van der Waals surface area contributed by atoms with Crippen molar-refractivity contribution in [1.82, 2.24) is 0 Å². The van der Waals surface area contributed by atoms with Gasteiger partial charge in [-0.15, -0.1) is 0 Å². The van der Waals surface area contributed by atoms with Crippen molar-refractivity contribution in [3.8, 4) is 0 Å². The first-order valence-corrected chi connectivity index (χ1v) is 15.3. The molecule has 192 valence electrons. The number of alkyl halides is 7. The number of thiol groups is 1. The normalized spacial score (nSPS) is 14.2. The van der Waals surface area contributed by atoms with Crippen LogP contribution in [0, 0.1) is 7.14 Å². The SMILES string of the molecule is CCCCc1ccc(I(COC(S)(C(F)(F)F)C(F)(F)F)c2ccc(C(C)CCC)cc2)cc1. The molecule has 1 atom stereocenters. The van der Waals surface area contributed by atoms with Crippen molar-refractivity contribution >= 4 is 32.4 Å². The summed E-state index contributed by atoms with van der Waals surface area (Å²) in [5.74, 6) is 0.316. The van der Waals surface area contributed by atoms with Crippen LogP contribution in [0.4, 0.5) is 26.3 Å². The fourth-order valence-electron chi connectivity index (χ4n) is 3.44. The zero-order chi connectivity index (χ0) is 25.6. The summed E-state index contributed by atoms with van der Waals surface area (Å²) in [5, 5.41) is 0. The third-order valence-electron chi connectivity index (χ3n) is 5.56. The standard InChI is InChI=1S/C25H31F6IOS/c1-4-6-8-19-9-13-21(14-10-19)32(17-33-23(34,24(26,27)28)25(29,30)31)22-15-11-20(12-16-22)18(3)7-5-2/h9-16,18,34H,4-8,17H2,1-3H3. The van der Waals surface area contributed by atoms with Crippen LogP contribution in [0.2, 0.25) is 0 Å².